The molecule has 0 unspecified atom stereocenters. The van der Waals surface area contributed by atoms with E-state index in [9.17, 15) is 22.8 Å². The fourth-order valence-electron chi connectivity index (χ4n) is 5.92. The summed E-state index contributed by atoms with van der Waals surface area (Å²) in [6.07, 6.45) is -1.58. The summed E-state index contributed by atoms with van der Waals surface area (Å²) in [6, 6.07) is 10.4. The molecule has 0 saturated heterocycles. The molecule has 2 atom stereocenters. The molecule has 0 bridgehead atoms. The van der Waals surface area contributed by atoms with E-state index in [1.807, 2.05) is 24.3 Å². The smallest absolute Gasteiger partial charge is 0.420 e. The molecule has 0 radical (unpaired) electrons. The fourth-order valence-corrected chi connectivity index (χ4v) is 5.92. The molecular weight excluding hydrogens is 629 g/mol. The highest BCUT2D eigenvalue weighted by Gasteiger charge is 2.36. The highest BCUT2D eigenvalue weighted by molar-refractivity contribution is 6.01. The molecule has 1 fully saturated rings. The Balaban J connectivity index is 1.47. The zero-order valence-electron chi connectivity index (χ0n) is 27.7. The maximum absolute atomic E-state index is 14.0. The summed E-state index contributed by atoms with van der Waals surface area (Å²) < 4.78 is 57.3. The van der Waals surface area contributed by atoms with E-state index in [1.165, 1.54) is 19.2 Å². The van der Waals surface area contributed by atoms with Gasteiger partial charge >= 0.3 is 12.3 Å². The van der Waals surface area contributed by atoms with Crippen LogP contribution in [0.2, 0.25) is 0 Å². The molecular formula is C34H41F3N6O5. The Morgan fingerprint density at radius 2 is 1.69 bits per heavy atom. The van der Waals surface area contributed by atoms with Gasteiger partial charge in [0.15, 0.2) is 0 Å². The topological polar surface area (TPSA) is 127 Å². The van der Waals surface area contributed by atoms with Crippen LogP contribution >= 0.6 is 0 Å². The van der Waals surface area contributed by atoms with E-state index < -0.39 is 23.4 Å². The first-order valence-electron chi connectivity index (χ1n) is 15.9. The molecule has 11 nitrogen and oxygen atoms in total. The first-order valence-corrected chi connectivity index (χ1v) is 15.9. The van der Waals surface area contributed by atoms with Crippen LogP contribution in [0, 0.1) is 0 Å². The highest BCUT2D eigenvalue weighted by Crippen LogP contribution is 2.39. The molecule has 1 saturated carbocycles. The van der Waals surface area contributed by atoms with E-state index >= 15 is 0 Å². The number of fused-ring (bicyclic) bond motifs is 1. The van der Waals surface area contributed by atoms with Crippen molar-refractivity contribution in [2.75, 3.05) is 31.4 Å². The van der Waals surface area contributed by atoms with E-state index in [0.717, 1.165) is 24.5 Å². The van der Waals surface area contributed by atoms with Crippen molar-refractivity contribution in [1.29, 1.82) is 0 Å². The Kier molecular flexibility index (Phi) is 10.2. The molecule has 2 heterocycles. The number of halogens is 3. The number of hydrogen-bond acceptors (Lipinski definition) is 9. The number of ether oxygens (including phenoxy) is 3. The van der Waals surface area contributed by atoms with Crippen molar-refractivity contribution in [2.45, 2.75) is 83.3 Å². The average molecular weight is 671 g/mol. The zero-order chi connectivity index (χ0) is 34.6. The van der Waals surface area contributed by atoms with Crippen molar-refractivity contribution in [3.8, 4) is 11.5 Å². The SMILES string of the molecule is COc1ccc(CN2CCc3nc(N[C@@H]4CCCC[C@@H]4NC(=O)OC(C)(C)C)nc(Nc4ccc(OC)c(C(F)(F)F)c4)c3C2=O)cc1. The summed E-state index contributed by atoms with van der Waals surface area (Å²) in [5.41, 5.74) is -0.0449. The minimum Gasteiger partial charge on any atom is -0.497 e. The van der Waals surface area contributed by atoms with Crippen molar-refractivity contribution in [3.63, 3.8) is 0 Å². The van der Waals surface area contributed by atoms with Gasteiger partial charge in [0, 0.05) is 31.2 Å². The van der Waals surface area contributed by atoms with Gasteiger partial charge in [0.1, 0.15) is 28.5 Å². The van der Waals surface area contributed by atoms with Gasteiger partial charge in [-0.15, -0.1) is 0 Å². The molecule has 14 heteroatoms. The summed E-state index contributed by atoms with van der Waals surface area (Å²) in [5.74, 6) is 0.265. The third-order valence-corrected chi connectivity index (χ3v) is 8.19. The van der Waals surface area contributed by atoms with Gasteiger partial charge in [-0.2, -0.15) is 18.2 Å². The van der Waals surface area contributed by atoms with E-state index in [0.29, 0.717) is 43.8 Å². The summed E-state index contributed by atoms with van der Waals surface area (Å²) in [4.78, 5) is 37.6. The maximum atomic E-state index is 14.0. The lowest BCUT2D eigenvalue weighted by Crippen LogP contribution is -2.50. The first kappa shape index (κ1) is 34.6. The fraction of sp³-hybridized carbons (Fsp3) is 0.471. The summed E-state index contributed by atoms with van der Waals surface area (Å²) >= 11 is 0. The Labute approximate surface area is 277 Å². The largest absolute Gasteiger partial charge is 0.497 e. The minimum absolute atomic E-state index is 0.0668. The second-order valence-electron chi connectivity index (χ2n) is 12.9. The number of nitrogens with one attached hydrogen (secondary N) is 3. The van der Waals surface area contributed by atoms with Crippen LogP contribution in [0.15, 0.2) is 42.5 Å². The van der Waals surface area contributed by atoms with Gasteiger partial charge in [0.2, 0.25) is 5.95 Å². The number of hydrogen-bond donors (Lipinski definition) is 3. The maximum Gasteiger partial charge on any atom is 0.420 e. The van der Waals surface area contributed by atoms with Gasteiger partial charge in [-0.05, 0) is 69.5 Å². The third kappa shape index (κ3) is 8.39. The van der Waals surface area contributed by atoms with E-state index in [4.69, 9.17) is 19.2 Å². The number of nitrogens with zero attached hydrogens (tertiary/aromatic N) is 3. The van der Waals surface area contributed by atoms with Crippen molar-refractivity contribution >= 4 is 29.5 Å². The molecule has 2 aromatic carbocycles. The predicted octanol–water partition coefficient (Wildman–Crippen LogP) is 6.70. The quantitative estimate of drug-likeness (QED) is 0.228. The van der Waals surface area contributed by atoms with Crippen molar-refractivity contribution in [3.05, 3.63) is 64.8 Å². The number of amides is 2. The summed E-state index contributed by atoms with van der Waals surface area (Å²) in [6.45, 7) is 6.05. The van der Waals surface area contributed by atoms with Crippen LogP contribution in [0.25, 0.3) is 0 Å². The van der Waals surface area contributed by atoms with Gasteiger partial charge in [0.25, 0.3) is 5.91 Å². The molecule has 1 aromatic heterocycles. The van der Waals surface area contributed by atoms with Crippen LogP contribution in [-0.4, -0.2) is 65.3 Å². The molecule has 3 N–H and O–H groups in total. The summed E-state index contributed by atoms with van der Waals surface area (Å²) in [7, 11) is 2.74. The molecule has 48 heavy (non-hydrogen) atoms. The molecule has 0 spiro atoms. The number of carbonyl (C=O) groups is 2. The average Bonchev–Trinajstić information content (AvgIpc) is 3.02. The van der Waals surface area contributed by atoms with Crippen LogP contribution in [0.1, 0.15) is 73.6 Å². The van der Waals surface area contributed by atoms with Crippen LogP contribution in [0.5, 0.6) is 11.5 Å². The van der Waals surface area contributed by atoms with Gasteiger partial charge in [-0.1, -0.05) is 25.0 Å². The van der Waals surface area contributed by atoms with Crippen LogP contribution in [0.3, 0.4) is 0 Å². The molecule has 2 amide bonds. The van der Waals surface area contributed by atoms with Gasteiger partial charge in [-0.25, -0.2) is 9.78 Å². The number of benzene rings is 2. The lowest BCUT2D eigenvalue weighted by atomic mass is 9.90. The van der Waals surface area contributed by atoms with Gasteiger partial charge in [-0.3, -0.25) is 4.79 Å². The second kappa shape index (κ2) is 14.2. The molecule has 3 aromatic rings. The number of carbonyl (C=O) groups excluding carboxylic acids is 2. The molecule has 1 aliphatic heterocycles. The van der Waals surface area contributed by atoms with E-state index in [2.05, 4.69) is 20.9 Å². The van der Waals surface area contributed by atoms with Crippen molar-refractivity contribution in [2.24, 2.45) is 0 Å². The zero-order valence-corrected chi connectivity index (χ0v) is 27.7. The van der Waals surface area contributed by atoms with Gasteiger partial charge in [0.05, 0.1) is 31.5 Å². The van der Waals surface area contributed by atoms with Crippen LogP contribution < -0.4 is 25.4 Å². The molecule has 5 rings (SSSR count). The van der Waals surface area contributed by atoms with Crippen LogP contribution in [0.4, 0.5) is 35.4 Å². The summed E-state index contributed by atoms with van der Waals surface area (Å²) in [5, 5.41) is 9.26. The van der Waals surface area contributed by atoms with Crippen molar-refractivity contribution < 1.29 is 37.0 Å². The number of aromatic nitrogens is 2. The first-order chi connectivity index (χ1) is 22.7. The standard InChI is InChI=1S/C34H41F3N6O5/c1-33(2,3)48-32(45)41-25-9-7-6-8-24(25)39-31-40-26-16-17-43(19-20-10-13-22(46-4)14-11-20)30(44)28(26)29(42-31)38-21-12-15-27(47-5)23(18-21)34(35,36)37/h10-15,18,24-25H,6-9,16-17,19H2,1-5H3,(H,41,45)(H2,38,39,40,42)/t24-,25+/m1/s1. The van der Waals surface area contributed by atoms with Gasteiger partial charge < -0.3 is 35.1 Å². The molecule has 2 aliphatic rings. The number of alkyl carbamates (subject to hydrolysis) is 1. The predicted molar refractivity (Wildman–Crippen MR) is 174 cm³/mol. The molecule has 258 valence electrons. The number of rotatable bonds is 9. The second-order valence-corrected chi connectivity index (χ2v) is 12.9. The normalized spacial score (nSPS) is 18.1. The molecule has 1 aliphatic carbocycles. The number of alkyl halides is 3. The number of anilines is 3. The monoisotopic (exact) mass is 670 g/mol. The van der Waals surface area contributed by atoms with E-state index in [-0.39, 0.29) is 46.8 Å². The van der Waals surface area contributed by atoms with Crippen molar-refractivity contribution in [1.82, 2.24) is 20.2 Å². The highest BCUT2D eigenvalue weighted by atomic mass is 19.4. The minimum atomic E-state index is -4.68. The Morgan fingerprint density at radius 3 is 2.33 bits per heavy atom. The third-order valence-electron chi connectivity index (χ3n) is 8.19. The lowest BCUT2D eigenvalue weighted by molar-refractivity contribution is -0.138. The van der Waals surface area contributed by atoms with E-state index in [1.54, 1.807) is 32.8 Å². The number of methoxy groups -OCH3 is 2. The Bertz CT molecular complexity index is 1630. The Morgan fingerprint density at radius 1 is 0.979 bits per heavy atom. The van der Waals surface area contributed by atoms with Crippen LogP contribution in [-0.2, 0) is 23.9 Å². The Hall–Kier alpha value is -4.75. The lowest BCUT2D eigenvalue weighted by Gasteiger charge is -2.34.